The average Bonchev–Trinajstić information content (AvgIpc) is 3.04. The second-order valence-corrected chi connectivity index (χ2v) is 6.09. The van der Waals surface area contributed by atoms with E-state index in [4.69, 9.17) is 16.7 Å². The largest absolute Gasteiger partial charge is 0.356 e. The monoisotopic (exact) mass is 324 g/mol. The molecule has 0 spiro atoms. The zero-order chi connectivity index (χ0) is 15.6. The molecule has 0 amide bonds. The van der Waals surface area contributed by atoms with Gasteiger partial charge in [-0.1, -0.05) is 35.5 Å². The zero-order valence-corrected chi connectivity index (χ0v) is 13.3. The van der Waals surface area contributed by atoms with Gasteiger partial charge < -0.3 is 9.51 Å². The highest BCUT2D eigenvalue weighted by molar-refractivity contribution is 7.71. The number of rotatable bonds is 3. The Hall–Kier alpha value is -2.31. The molecule has 0 saturated carbocycles. The van der Waals surface area contributed by atoms with Crippen molar-refractivity contribution in [3.8, 4) is 11.3 Å². The second-order valence-electron chi connectivity index (χ2n) is 5.70. The van der Waals surface area contributed by atoms with E-state index in [-0.39, 0.29) is 0 Å². The van der Waals surface area contributed by atoms with Crippen molar-refractivity contribution in [2.75, 3.05) is 6.54 Å². The van der Waals surface area contributed by atoms with Crippen LogP contribution in [0.5, 0.6) is 0 Å². The maximum atomic E-state index is 5.47. The van der Waals surface area contributed by atoms with Crippen molar-refractivity contribution in [2.45, 2.75) is 19.5 Å². The summed E-state index contributed by atoms with van der Waals surface area (Å²) in [5.74, 6) is 0.807. The van der Waals surface area contributed by atoms with Gasteiger partial charge in [0.2, 0.25) is 0 Å². The van der Waals surface area contributed by atoms with Crippen LogP contribution in [0.15, 0.2) is 47.1 Å². The fourth-order valence-corrected chi connectivity index (χ4v) is 3.06. The van der Waals surface area contributed by atoms with Crippen molar-refractivity contribution in [3.63, 3.8) is 0 Å². The first kappa shape index (κ1) is 14.3. The van der Waals surface area contributed by atoms with E-state index in [1.807, 2.05) is 42.6 Å². The summed E-state index contributed by atoms with van der Waals surface area (Å²) in [6, 6.07) is 12.0. The van der Waals surface area contributed by atoms with Crippen molar-refractivity contribution in [3.05, 3.63) is 64.3 Å². The molecule has 0 bridgehead atoms. The molecule has 6 heteroatoms. The summed E-state index contributed by atoms with van der Waals surface area (Å²) in [7, 11) is 0. The molecule has 1 N–H and O–H groups in total. The van der Waals surface area contributed by atoms with Crippen LogP contribution in [0.4, 0.5) is 0 Å². The van der Waals surface area contributed by atoms with Gasteiger partial charge in [0, 0.05) is 43.2 Å². The van der Waals surface area contributed by atoms with E-state index in [2.05, 4.69) is 20.0 Å². The Balaban J connectivity index is 1.49. The van der Waals surface area contributed by atoms with Crippen LogP contribution in [0.1, 0.15) is 17.0 Å². The first-order chi connectivity index (χ1) is 11.3. The molecule has 0 atom stereocenters. The van der Waals surface area contributed by atoms with E-state index in [0.29, 0.717) is 4.77 Å². The summed E-state index contributed by atoms with van der Waals surface area (Å²) in [6.45, 7) is 2.57. The first-order valence-corrected chi connectivity index (χ1v) is 7.99. The minimum Gasteiger partial charge on any atom is -0.356 e. The number of aromatic nitrogens is 3. The van der Waals surface area contributed by atoms with E-state index in [9.17, 15) is 0 Å². The molecule has 3 aromatic rings. The van der Waals surface area contributed by atoms with Gasteiger partial charge in [-0.3, -0.25) is 4.90 Å². The summed E-state index contributed by atoms with van der Waals surface area (Å²) in [5.41, 5.74) is 4.40. The molecule has 116 valence electrons. The Labute approximate surface area is 139 Å². The van der Waals surface area contributed by atoms with E-state index in [1.54, 1.807) is 0 Å². The average molecular weight is 324 g/mol. The minimum absolute atomic E-state index is 0.540. The van der Waals surface area contributed by atoms with Crippen LogP contribution >= 0.6 is 12.2 Å². The lowest BCUT2D eigenvalue weighted by Crippen LogP contribution is -2.31. The fourth-order valence-electron chi connectivity index (χ4n) is 2.88. The van der Waals surface area contributed by atoms with Crippen LogP contribution in [0.2, 0.25) is 0 Å². The van der Waals surface area contributed by atoms with Crippen LogP contribution in [-0.4, -0.2) is 26.6 Å². The van der Waals surface area contributed by atoms with E-state index < -0.39 is 0 Å². The highest BCUT2D eigenvalue weighted by atomic mass is 32.1. The normalized spacial score (nSPS) is 14.6. The second kappa shape index (κ2) is 6.06. The summed E-state index contributed by atoms with van der Waals surface area (Å²) in [5, 5.41) is 4.20. The molecule has 4 rings (SSSR count). The highest BCUT2D eigenvalue weighted by Gasteiger charge is 2.18. The van der Waals surface area contributed by atoms with Crippen LogP contribution in [-0.2, 0) is 19.5 Å². The standard InChI is InChI=1S/C17H16N4OS/c23-17-18-9-13-6-7-21(11-15(13)19-17)10-14-8-16(22-20-14)12-4-2-1-3-5-12/h1-5,8-9H,6-7,10-11H2,(H,18,19,23). The number of H-pyrrole nitrogens is 1. The van der Waals surface area contributed by atoms with Gasteiger partial charge in [-0.15, -0.1) is 0 Å². The number of aromatic amines is 1. The van der Waals surface area contributed by atoms with Crippen LogP contribution in [0.3, 0.4) is 0 Å². The minimum atomic E-state index is 0.540. The van der Waals surface area contributed by atoms with Crippen molar-refractivity contribution < 1.29 is 4.52 Å². The fraction of sp³-hybridized carbons (Fsp3) is 0.235. The van der Waals surface area contributed by atoms with Gasteiger partial charge in [0.15, 0.2) is 10.5 Å². The van der Waals surface area contributed by atoms with Crippen molar-refractivity contribution >= 4 is 12.2 Å². The molecule has 2 aromatic heterocycles. The van der Waals surface area contributed by atoms with Crippen molar-refractivity contribution in [1.82, 2.24) is 20.0 Å². The summed E-state index contributed by atoms with van der Waals surface area (Å²) in [4.78, 5) is 9.68. The molecule has 0 unspecified atom stereocenters. The smallest absolute Gasteiger partial charge is 0.196 e. The quantitative estimate of drug-likeness (QED) is 0.749. The predicted molar refractivity (Wildman–Crippen MR) is 89.2 cm³/mol. The topological polar surface area (TPSA) is 58.0 Å². The van der Waals surface area contributed by atoms with Gasteiger partial charge >= 0.3 is 0 Å². The van der Waals surface area contributed by atoms with Crippen LogP contribution in [0.25, 0.3) is 11.3 Å². The van der Waals surface area contributed by atoms with Gasteiger partial charge in [-0.2, -0.15) is 0 Å². The summed E-state index contributed by atoms with van der Waals surface area (Å²) < 4.78 is 6.01. The third-order valence-corrected chi connectivity index (χ3v) is 4.27. The molecular formula is C17H16N4OS. The Morgan fingerprint density at radius 2 is 2.13 bits per heavy atom. The van der Waals surface area contributed by atoms with Gasteiger partial charge in [0.1, 0.15) is 0 Å². The molecule has 0 saturated heterocycles. The van der Waals surface area contributed by atoms with E-state index in [1.165, 1.54) is 5.56 Å². The number of fused-ring (bicyclic) bond motifs is 1. The van der Waals surface area contributed by atoms with Gasteiger partial charge in [-0.05, 0) is 24.2 Å². The van der Waals surface area contributed by atoms with E-state index in [0.717, 1.165) is 48.8 Å². The zero-order valence-electron chi connectivity index (χ0n) is 12.5. The molecular weight excluding hydrogens is 308 g/mol. The van der Waals surface area contributed by atoms with Gasteiger partial charge in [0.05, 0.1) is 5.69 Å². The summed E-state index contributed by atoms with van der Waals surface area (Å²) in [6.07, 6.45) is 2.85. The predicted octanol–water partition coefficient (Wildman–Crippen LogP) is 3.35. The Morgan fingerprint density at radius 3 is 3.00 bits per heavy atom. The van der Waals surface area contributed by atoms with Crippen LogP contribution in [0, 0.1) is 4.77 Å². The molecule has 1 aromatic carbocycles. The highest BCUT2D eigenvalue weighted by Crippen LogP contribution is 2.22. The molecule has 1 aliphatic rings. The Bertz CT molecular complexity index is 872. The molecule has 5 nitrogen and oxygen atoms in total. The first-order valence-electron chi connectivity index (χ1n) is 7.58. The SMILES string of the molecule is S=c1ncc2c([nH]1)CN(Cc1cc(-c3ccccc3)on1)CC2. The molecule has 0 aliphatic carbocycles. The van der Waals surface area contributed by atoms with Gasteiger partial charge in [-0.25, -0.2) is 4.98 Å². The van der Waals surface area contributed by atoms with Crippen LogP contribution < -0.4 is 0 Å². The lowest BCUT2D eigenvalue weighted by molar-refractivity contribution is 0.233. The lowest BCUT2D eigenvalue weighted by Gasteiger charge is -2.27. The Kier molecular flexibility index (Phi) is 3.77. The van der Waals surface area contributed by atoms with Crippen molar-refractivity contribution in [1.29, 1.82) is 0 Å². The number of benzene rings is 1. The third kappa shape index (κ3) is 3.09. The number of hydrogen-bond acceptors (Lipinski definition) is 5. The molecule has 23 heavy (non-hydrogen) atoms. The number of nitrogens with zero attached hydrogens (tertiary/aromatic N) is 3. The number of nitrogens with one attached hydrogen (secondary N) is 1. The maximum absolute atomic E-state index is 5.47. The van der Waals surface area contributed by atoms with Gasteiger partial charge in [0.25, 0.3) is 0 Å². The maximum Gasteiger partial charge on any atom is 0.196 e. The molecule has 0 radical (unpaired) electrons. The third-order valence-electron chi connectivity index (χ3n) is 4.07. The Morgan fingerprint density at radius 1 is 1.26 bits per heavy atom. The van der Waals surface area contributed by atoms with E-state index >= 15 is 0 Å². The van der Waals surface area contributed by atoms with Crippen molar-refractivity contribution in [2.24, 2.45) is 0 Å². The molecule has 1 aliphatic heterocycles. The summed E-state index contributed by atoms with van der Waals surface area (Å²) >= 11 is 5.11. The number of hydrogen-bond donors (Lipinski definition) is 1. The molecule has 0 fully saturated rings. The molecule has 3 heterocycles. The lowest BCUT2D eigenvalue weighted by atomic mass is 10.1.